The average Bonchev–Trinajstić information content (AvgIpc) is 2.58. The first-order valence-corrected chi connectivity index (χ1v) is 8.09. The third kappa shape index (κ3) is 3.96. The molecule has 1 fully saturated rings. The predicted octanol–water partition coefficient (Wildman–Crippen LogP) is 4.01. The second-order valence-corrected chi connectivity index (χ2v) is 6.22. The molecule has 2 heteroatoms. The number of nitrogens with zero attached hydrogens (tertiary/aromatic N) is 2. The second-order valence-electron chi connectivity index (χ2n) is 6.22. The summed E-state index contributed by atoms with van der Waals surface area (Å²) in [5, 5.41) is 8.84. The molecule has 1 aliphatic rings. The summed E-state index contributed by atoms with van der Waals surface area (Å²) in [5.74, 6) is 0.819. The van der Waals surface area contributed by atoms with Crippen LogP contribution in [-0.2, 0) is 13.0 Å². The van der Waals surface area contributed by atoms with Crippen molar-refractivity contribution in [1.82, 2.24) is 4.90 Å². The summed E-state index contributed by atoms with van der Waals surface area (Å²) in [7, 11) is 0. The smallest absolute Gasteiger partial charge is 0.0991 e. The van der Waals surface area contributed by atoms with Gasteiger partial charge in [0.1, 0.15) is 0 Å². The third-order valence-corrected chi connectivity index (χ3v) is 4.56. The van der Waals surface area contributed by atoms with Gasteiger partial charge in [0.05, 0.1) is 11.6 Å². The van der Waals surface area contributed by atoms with Gasteiger partial charge in [-0.15, -0.1) is 0 Å². The Morgan fingerprint density at radius 3 is 2.23 bits per heavy atom. The molecule has 2 aromatic rings. The van der Waals surface area contributed by atoms with E-state index in [0.29, 0.717) is 0 Å². The first-order chi connectivity index (χ1) is 10.8. The van der Waals surface area contributed by atoms with Gasteiger partial charge in [0, 0.05) is 6.54 Å². The molecule has 0 amide bonds. The first kappa shape index (κ1) is 14.8. The molecule has 0 aromatic heterocycles. The molecule has 0 aliphatic carbocycles. The van der Waals surface area contributed by atoms with Gasteiger partial charge in [-0.2, -0.15) is 5.26 Å². The molecule has 0 spiro atoms. The summed E-state index contributed by atoms with van der Waals surface area (Å²) < 4.78 is 0. The van der Waals surface area contributed by atoms with E-state index in [-0.39, 0.29) is 0 Å². The summed E-state index contributed by atoms with van der Waals surface area (Å²) in [5.41, 5.74) is 3.51. The highest BCUT2D eigenvalue weighted by atomic mass is 15.1. The van der Waals surface area contributed by atoms with Gasteiger partial charge in [0.2, 0.25) is 0 Å². The monoisotopic (exact) mass is 290 g/mol. The Kier molecular flexibility index (Phi) is 4.88. The van der Waals surface area contributed by atoms with Crippen LogP contribution in [0.3, 0.4) is 0 Å². The summed E-state index contributed by atoms with van der Waals surface area (Å²) in [6.07, 6.45) is 3.78. The van der Waals surface area contributed by atoms with Crippen LogP contribution in [0.25, 0.3) is 0 Å². The quantitative estimate of drug-likeness (QED) is 0.850. The zero-order valence-electron chi connectivity index (χ0n) is 12.9. The summed E-state index contributed by atoms with van der Waals surface area (Å²) >= 11 is 0. The topological polar surface area (TPSA) is 27.0 Å². The molecule has 1 aliphatic heterocycles. The van der Waals surface area contributed by atoms with E-state index in [1.165, 1.54) is 43.5 Å². The number of piperidine rings is 1. The molecule has 0 saturated carbocycles. The van der Waals surface area contributed by atoms with Gasteiger partial charge >= 0.3 is 0 Å². The van der Waals surface area contributed by atoms with E-state index in [2.05, 4.69) is 53.4 Å². The summed E-state index contributed by atoms with van der Waals surface area (Å²) in [4.78, 5) is 2.53. The Labute approximate surface area is 133 Å². The molecule has 0 N–H and O–H groups in total. The second kappa shape index (κ2) is 7.24. The zero-order chi connectivity index (χ0) is 15.2. The maximum Gasteiger partial charge on any atom is 0.0991 e. The number of nitriles is 1. The Morgan fingerprint density at radius 1 is 0.909 bits per heavy atom. The molecule has 0 bridgehead atoms. The van der Waals surface area contributed by atoms with E-state index in [1.807, 2.05) is 12.1 Å². The van der Waals surface area contributed by atoms with Gasteiger partial charge in [-0.25, -0.2) is 0 Å². The van der Waals surface area contributed by atoms with Crippen LogP contribution in [0.4, 0.5) is 0 Å². The van der Waals surface area contributed by atoms with Crippen molar-refractivity contribution in [1.29, 1.82) is 5.26 Å². The van der Waals surface area contributed by atoms with Gasteiger partial charge in [-0.3, -0.25) is 4.90 Å². The fourth-order valence-electron chi connectivity index (χ4n) is 3.24. The van der Waals surface area contributed by atoms with E-state index in [1.54, 1.807) is 0 Å². The summed E-state index contributed by atoms with van der Waals surface area (Å²) in [6.45, 7) is 3.36. The van der Waals surface area contributed by atoms with Crippen molar-refractivity contribution in [3.8, 4) is 6.07 Å². The van der Waals surface area contributed by atoms with Crippen LogP contribution in [0.5, 0.6) is 0 Å². The van der Waals surface area contributed by atoms with E-state index in [9.17, 15) is 0 Å². The SMILES string of the molecule is N#Cc1ccc(CN2CCC(Cc3ccccc3)CC2)cc1. The minimum Gasteiger partial charge on any atom is -0.299 e. The largest absolute Gasteiger partial charge is 0.299 e. The number of hydrogen-bond acceptors (Lipinski definition) is 2. The first-order valence-electron chi connectivity index (χ1n) is 8.09. The number of benzene rings is 2. The van der Waals surface area contributed by atoms with Crippen molar-refractivity contribution in [2.75, 3.05) is 13.1 Å². The Bertz CT molecular complexity index is 617. The Hall–Kier alpha value is -2.11. The molecule has 112 valence electrons. The molecule has 1 saturated heterocycles. The molecule has 0 unspecified atom stereocenters. The van der Waals surface area contributed by atoms with Crippen molar-refractivity contribution in [2.45, 2.75) is 25.8 Å². The molecule has 22 heavy (non-hydrogen) atoms. The maximum atomic E-state index is 8.84. The Balaban J connectivity index is 1.48. The van der Waals surface area contributed by atoms with Crippen molar-refractivity contribution in [3.05, 3.63) is 71.3 Å². The lowest BCUT2D eigenvalue weighted by Crippen LogP contribution is -2.33. The number of hydrogen-bond donors (Lipinski definition) is 0. The number of likely N-dealkylation sites (tertiary alicyclic amines) is 1. The molecule has 0 radical (unpaired) electrons. The Morgan fingerprint density at radius 2 is 1.59 bits per heavy atom. The van der Waals surface area contributed by atoms with Crippen LogP contribution < -0.4 is 0 Å². The lowest BCUT2D eigenvalue weighted by molar-refractivity contribution is 0.177. The average molecular weight is 290 g/mol. The normalized spacial score (nSPS) is 16.3. The highest BCUT2D eigenvalue weighted by Gasteiger charge is 2.19. The van der Waals surface area contributed by atoms with E-state index in [4.69, 9.17) is 5.26 Å². The van der Waals surface area contributed by atoms with Gasteiger partial charge in [-0.1, -0.05) is 42.5 Å². The van der Waals surface area contributed by atoms with Crippen LogP contribution in [0.1, 0.15) is 29.5 Å². The fraction of sp³-hybridized carbons (Fsp3) is 0.350. The molecule has 3 rings (SSSR count). The molecule has 0 atom stereocenters. The van der Waals surface area contributed by atoms with E-state index >= 15 is 0 Å². The van der Waals surface area contributed by atoms with Crippen molar-refractivity contribution >= 4 is 0 Å². The van der Waals surface area contributed by atoms with Gasteiger partial charge in [-0.05, 0) is 61.5 Å². The van der Waals surface area contributed by atoms with Crippen molar-refractivity contribution in [2.24, 2.45) is 5.92 Å². The van der Waals surface area contributed by atoms with E-state index in [0.717, 1.165) is 18.0 Å². The maximum absolute atomic E-state index is 8.84. The zero-order valence-corrected chi connectivity index (χ0v) is 12.9. The highest BCUT2D eigenvalue weighted by Crippen LogP contribution is 2.22. The molecule has 1 heterocycles. The minimum absolute atomic E-state index is 0.741. The predicted molar refractivity (Wildman–Crippen MR) is 89.3 cm³/mol. The standard InChI is InChI=1S/C20H22N2/c21-15-19-6-8-20(9-7-19)16-22-12-10-18(11-13-22)14-17-4-2-1-3-5-17/h1-9,18H,10-14,16H2. The van der Waals surface area contributed by atoms with Gasteiger partial charge in [0.25, 0.3) is 0 Å². The molecular weight excluding hydrogens is 268 g/mol. The molecular formula is C20H22N2. The van der Waals surface area contributed by atoms with E-state index < -0.39 is 0 Å². The summed E-state index contributed by atoms with van der Waals surface area (Å²) in [6, 6.07) is 21.0. The van der Waals surface area contributed by atoms with Crippen LogP contribution >= 0.6 is 0 Å². The van der Waals surface area contributed by atoms with Crippen LogP contribution in [0, 0.1) is 17.2 Å². The van der Waals surface area contributed by atoms with Crippen LogP contribution in [0.2, 0.25) is 0 Å². The van der Waals surface area contributed by atoms with Crippen LogP contribution in [0.15, 0.2) is 54.6 Å². The number of rotatable bonds is 4. The minimum atomic E-state index is 0.741. The van der Waals surface area contributed by atoms with Crippen molar-refractivity contribution < 1.29 is 0 Å². The van der Waals surface area contributed by atoms with Crippen LogP contribution in [-0.4, -0.2) is 18.0 Å². The third-order valence-electron chi connectivity index (χ3n) is 4.56. The van der Waals surface area contributed by atoms with Gasteiger partial charge in [0.15, 0.2) is 0 Å². The van der Waals surface area contributed by atoms with Gasteiger partial charge < -0.3 is 0 Å². The highest BCUT2D eigenvalue weighted by molar-refractivity contribution is 5.31. The fourth-order valence-corrected chi connectivity index (χ4v) is 3.24. The molecule has 2 nitrogen and oxygen atoms in total. The molecule has 2 aromatic carbocycles. The lowest BCUT2D eigenvalue weighted by atomic mass is 9.90. The lowest BCUT2D eigenvalue weighted by Gasteiger charge is -2.32. The van der Waals surface area contributed by atoms with Crippen molar-refractivity contribution in [3.63, 3.8) is 0 Å².